The van der Waals surface area contributed by atoms with E-state index in [0.29, 0.717) is 57.4 Å². The highest BCUT2D eigenvalue weighted by Gasteiger charge is 2.53. The van der Waals surface area contributed by atoms with E-state index in [1.54, 1.807) is 26.2 Å². The zero-order valence-corrected chi connectivity index (χ0v) is 81.4. The second-order valence-corrected chi connectivity index (χ2v) is 37.9. The number of amides is 8. The van der Waals surface area contributed by atoms with Crippen molar-refractivity contribution in [2.45, 2.75) is 246 Å². The van der Waals surface area contributed by atoms with Gasteiger partial charge in [-0.05, 0) is 193 Å². The fraction of sp³-hybridized carbons (Fsp3) is 0.505. The number of ether oxygens (including phenoxy) is 7. The number of phenols is 4. The Morgan fingerprint density at radius 2 is 1.04 bits per heavy atom. The number of halogens is 2. The Bertz CT molecular complexity index is 5530. The van der Waals surface area contributed by atoms with Crippen molar-refractivity contribution in [3.8, 4) is 80.1 Å². The number of nitrogens with zero attached hydrogens (tertiary/aromatic N) is 3. The van der Waals surface area contributed by atoms with E-state index in [1.807, 2.05) is 28.8 Å². The smallest absolute Gasteiger partial charge is 0.252 e. The average Bonchev–Trinajstić information content (AvgIpc) is 0.754. The third-order valence-electron chi connectivity index (χ3n) is 26.1. The van der Waals surface area contributed by atoms with Crippen LogP contribution in [0.1, 0.15) is 205 Å². The number of carbonyl (C=O) groups is 8. The summed E-state index contributed by atoms with van der Waals surface area (Å²) >= 11 is 14.7. The van der Waals surface area contributed by atoms with Gasteiger partial charge in [-0.2, -0.15) is 0 Å². The molecule has 7 aromatic carbocycles. The minimum atomic E-state index is -2.39. The van der Waals surface area contributed by atoms with Gasteiger partial charge in [0.15, 0.2) is 29.1 Å². The van der Waals surface area contributed by atoms with Crippen LogP contribution in [0.5, 0.6) is 69.0 Å². The normalized spacial score (nSPS) is 24.6. The average molecular weight is 2000 g/mol. The lowest BCUT2D eigenvalue weighted by atomic mass is 9.89. The molecule has 17 bridgehead atoms. The number of likely N-dealkylation sites (N-methyl/N-ethyl adjacent to an activating group) is 1. The molecule has 8 amide bonds. The highest BCUT2D eigenvalue weighted by atomic mass is 35.5. The van der Waals surface area contributed by atoms with Gasteiger partial charge in [0.25, 0.3) is 5.91 Å². The van der Waals surface area contributed by atoms with E-state index < -0.39 is 242 Å². The summed E-state index contributed by atoms with van der Waals surface area (Å²) in [7, 11) is 8.76. The van der Waals surface area contributed by atoms with E-state index in [2.05, 4.69) is 61.7 Å². The van der Waals surface area contributed by atoms with Gasteiger partial charge in [0, 0.05) is 48.3 Å². The van der Waals surface area contributed by atoms with E-state index in [1.165, 1.54) is 67.7 Å². The Morgan fingerprint density at radius 3 is 1.67 bits per heavy atom. The second-order valence-electron chi connectivity index (χ2n) is 37.1. The number of hydrogen-bond donors (Lipinski definition) is 20. The maximum absolute atomic E-state index is 17.2. The first-order valence-corrected chi connectivity index (χ1v) is 49.0. The van der Waals surface area contributed by atoms with Gasteiger partial charge in [-0.15, -0.1) is 0 Å². The standard InChI is InChI=1S/C101H130Cl2N12O26/c1-8-10-12-14-16-18-20-22-40-115(41-23-21-19-17-15-13-11-9-2)83-86(123)88(125)91(99(134)106-37-25-39-114(6)7)141-100(83)140-90-72-46-57-47-73(90)137-69-35-30-56(44-64(69)102)84(121)82-98(133)111-80(93(128)105-36-24-38-113(4)5)62-48-58(117)49-71(138-101-89(126)87(124)85(122)74(52-116)139-101)75(62)61-43-54(28-33-66(61)118)78(95(130)112-82)108-96(131)79(57)109-97(132)81-63-50-60(51-68(120)76(63)103)136-70-45-55(29-34-67(70)119)77(104-3)94(129)107-65(92(127)110-81)42-53-26-31-59(135-72)32-27-53/h26-35,43-51,65,74,77-89,91,100-101,104,116-126H,8-25,36-42,52H2,1-7H3,(H,105,128)(H,106,134)(H,107,129)(H,108,131)(H,109,132)(H,110,127)(H,111,133)(H,112,130)/t65?,74-,77?,78?,79?,80?,81?,82?,83-,84?,85-,86-,87+,88+,89+,91+,100-,101?/m1/s1. The minimum absolute atomic E-state index is 0.0356. The number of benzene rings is 7. The quantitative estimate of drug-likeness (QED) is 0.0168. The number of carbonyl (C=O) groups excluding carboxylic acids is 8. The second kappa shape index (κ2) is 49.5. The summed E-state index contributed by atoms with van der Waals surface area (Å²) in [5, 5.41) is 155. The van der Waals surface area contributed by atoms with Crippen molar-refractivity contribution < 1.29 is 128 Å². The first-order chi connectivity index (χ1) is 67.6. The highest BCUT2D eigenvalue weighted by Crippen LogP contribution is 2.51. The zero-order chi connectivity index (χ0) is 101. The van der Waals surface area contributed by atoms with Crippen molar-refractivity contribution in [3.05, 3.63) is 164 Å². The van der Waals surface area contributed by atoms with Crippen LogP contribution in [0.3, 0.4) is 0 Å². The molecule has 0 aromatic heterocycles. The number of phenolic OH excluding ortho intramolecular Hbond substituents is 4. The van der Waals surface area contributed by atoms with Crippen LogP contribution in [0.2, 0.25) is 10.0 Å². The lowest BCUT2D eigenvalue weighted by molar-refractivity contribution is -0.277. The maximum atomic E-state index is 17.2. The largest absolute Gasteiger partial charge is 0.508 e. The van der Waals surface area contributed by atoms with E-state index in [9.17, 15) is 65.8 Å². The Labute approximate surface area is 827 Å². The molecule has 0 spiro atoms. The van der Waals surface area contributed by atoms with Crippen molar-refractivity contribution in [2.75, 3.05) is 81.1 Å². The minimum Gasteiger partial charge on any atom is -0.508 e. The number of aliphatic hydroxyl groups excluding tert-OH is 7. The predicted octanol–water partition coefficient (Wildman–Crippen LogP) is 7.84. The van der Waals surface area contributed by atoms with Crippen molar-refractivity contribution in [1.82, 2.24) is 62.6 Å². The van der Waals surface area contributed by atoms with Gasteiger partial charge in [-0.25, -0.2) is 0 Å². The molecule has 7 aromatic rings. The number of aliphatic hydroxyl groups is 7. The van der Waals surface area contributed by atoms with Gasteiger partial charge >= 0.3 is 0 Å². The number of aromatic hydroxyl groups is 4. The summed E-state index contributed by atoms with van der Waals surface area (Å²) < 4.78 is 46.9. The predicted molar refractivity (Wildman–Crippen MR) is 517 cm³/mol. The Kier molecular flexibility index (Phi) is 37.5. The van der Waals surface area contributed by atoms with E-state index in [4.69, 9.17) is 56.4 Å². The van der Waals surface area contributed by atoms with Crippen molar-refractivity contribution in [3.63, 3.8) is 0 Å². The molecule has 8 aliphatic heterocycles. The molecule has 2 saturated heterocycles. The van der Waals surface area contributed by atoms with Crippen molar-refractivity contribution >= 4 is 70.5 Å². The molecule has 18 atom stereocenters. The third-order valence-corrected chi connectivity index (χ3v) is 26.8. The highest BCUT2D eigenvalue weighted by molar-refractivity contribution is 6.33. The van der Waals surface area contributed by atoms with Crippen molar-refractivity contribution in [1.29, 1.82) is 0 Å². The Balaban J connectivity index is 1.06. The lowest BCUT2D eigenvalue weighted by Gasteiger charge is -2.46. The number of hydrogen-bond acceptors (Lipinski definition) is 30. The molecular formula is C101H130Cl2N12O26. The SMILES string of the molecule is CCCCCCCCCCN(CCCCCCCCCC)[C@H]1[C@H](Oc2c3cc4cc2Oc2ccc(cc2Cl)C(O)C2NC(=O)C(NC(=O)C4NC(=O)C4NC(=O)C(Cc5ccc(cc5)O3)NC(=O)C(NC)c3ccc(O)c(c3)Oc3cc(O)c(Cl)c4c3)c3ccc(O)c(c3)-c3c(OC4O[C@H](CO)[C@@H](O)[C@H](O)[C@@H]4O)cc(O)cc3C(C(=O)NCCCN(C)C)NC2=O)O[C@H](C(=O)NCCCN(C)C)[C@@H](O)[C@@H]1O. The molecule has 9 unspecified atom stereocenters. The molecule has 0 saturated carbocycles. The molecule has 2 fully saturated rings. The molecule has 38 nitrogen and oxygen atoms in total. The van der Waals surface area contributed by atoms with Crippen LogP contribution in [-0.2, 0) is 54.3 Å². The maximum Gasteiger partial charge on any atom is 0.252 e. The number of nitrogens with one attached hydrogen (secondary N) is 9. The topological polar surface area (TPSA) is 542 Å². The van der Waals surface area contributed by atoms with Crippen LogP contribution in [0.15, 0.2) is 115 Å². The molecule has 141 heavy (non-hydrogen) atoms. The Morgan fingerprint density at radius 1 is 0.468 bits per heavy atom. The summed E-state index contributed by atoms with van der Waals surface area (Å²) in [6, 6.07) is 7.90. The lowest BCUT2D eigenvalue weighted by Crippen LogP contribution is -2.67. The fourth-order valence-electron chi connectivity index (χ4n) is 18.4. The molecule has 764 valence electrons. The van der Waals surface area contributed by atoms with Crippen LogP contribution in [0, 0.1) is 0 Å². The molecule has 8 aliphatic rings. The van der Waals surface area contributed by atoms with Gasteiger partial charge in [0.2, 0.25) is 59.7 Å². The molecule has 0 radical (unpaired) electrons. The van der Waals surface area contributed by atoms with Gasteiger partial charge in [-0.3, -0.25) is 43.3 Å². The van der Waals surface area contributed by atoms with Gasteiger partial charge in [0.05, 0.1) is 16.7 Å². The first-order valence-electron chi connectivity index (χ1n) is 48.2. The number of fused-ring (bicyclic) bond motifs is 14. The van der Waals surface area contributed by atoms with E-state index in [-0.39, 0.29) is 64.2 Å². The number of rotatable bonds is 35. The molecule has 40 heteroatoms. The fourth-order valence-corrected chi connectivity index (χ4v) is 18.8. The summed E-state index contributed by atoms with van der Waals surface area (Å²) in [6.45, 7) is 4.97. The van der Waals surface area contributed by atoms with Crippen LogP contribution >= 0.6 is 23.2 Å². The zero-order valence-electron chi connectivity index (χ0n) is 79.9. The van der Waals surface area contributed by atoms with Gasteiger partial charge in [-0.1, -0.05) is 157 Å². The van der Waals surface area contributed by atoms with Gasteiger partial charge in [0.1, 0.15) is 131 Å². The summed E-state index contributed by atoms with van der Waals surface area (Å²) in [4.78, 5) is 133. The summed E-state index contributed by atoms with van der Waals surface area (Å²) in [6.07, 6.45) is -4.20. The molecule has 15 rings (SSSR count). The van der Waals surface area contributed by atoms with E-state index >= 15 is 28.8 Å². The van der Waals surface area contributed by atoms with Crippen LogP contribution in [0.4, 0.5) is 0 Å². The molecule has 0 aliphatic carbocycles. The first kappa shape index (κ1) is 107. The monoisotopic (exact) mass is 2000 g/mol. The molecular weight excluding hydrogens is 1870 g/mol. The third kappa shape index (κ3) is 26.3. The Hall–Kier alpha value is -11.4. The van der Waals surface area contributed by atoms with Gasteiger partial charge < -0.3 is 147 Å². The number of unbranched alkanes of at least 4 members (excludes halogenated alkanes) is 14. The van der Waals surface area contributed by atoms with Crippen LogP contribution in [0.25, 0.3) is 11.1 Å². The summed E-state index contributed by atoms with van der Waals surface area (Å²) in [5.74, 6) is -15.0. The van der Waals surface area contributed by atoms with E-state index in [0.717, 1.165) is 132 Å². The van der Waals surface area contributed by atoms with Crippen molar-refractivity contribution in [2.24, 2.45) is 0 Å². The molecule has 8 heterocycles. The van der Waals surface area contributed by atoms with Crippen LogP contribution in [-0.4, -0.2) is 273 Å². The summed E-state index contributed by atoms with van der Waals surface area (Å²) in [5.41, 5.74) is -2.23. The molecule has 20 N–H and O–H groups in total. The van der Waals surface area contributed by atoms with Crippen LogP contribution < -0.4 is 71.5 Å².